The van der Waals surface area contributed by atoms with Crippen molar-refractivity contribution in [2.45, 2.75) is 258 Å². The molecule has 61 heavy (non-hydrogen) atoms. The van der Waals surface area contributed by atoms with E-state index < -0.39 is 26.5 Å². The second-order valence-corrected chi connectivity index (χ2v) is 20.4. The molecule has 0 aromatic rings. The fourth-order valence-electron chi connectivity index (χ4n) is 7.48. The first kappa shape index (κ1) is 59.8. The van der Waals surface area contributed by atoms with Gasteiger partial charge in [-0.2, -0.15) is 0 Å². The summed E-state index contributed by atoms with van der Waals surface area (Å²) in [4.78, 5) is 35.5. The second kappa shape index (κ2) is 44.0. The minimum Gasteiger partial charge on any atom is -0.462 e. The van der Waals surface area contributed by atoms with Crippen LogP contribution in [0.1, 0.15) is 251 Å². The van der Waals surface area contributed by atoms with Crippen molar-refractivity contribution in [2.24, 2.45) is 0 Å². The average molecular weight is 887 g/mol. The summed E-state index contributed by atoms with van der Waals surface area (Å²) in [6.45, 7) is 4.47. The van der Waals surface area contributed by atoms with Gasteiger partial charge < -0.3 is 18.9 Å². The molecule has 0 aliphatic rings. The molecule has 0 amide bonds. The number of hydrogen-bond acceptors (Lipinski definition) is 7. The van der Waals surface area contributed by atoms with Crippen LogP contribution in [-0.2, 0) is 32.7 Å². The zero-order valence-corrected chi connectivity index (χ0v) is 41.8. The van der Waals surface area contributed by atoms with Crippen molar-refractivity contribution in [3.05, 3.63) is 12.2 Å². The fourth-order valence-corrected chi connectivity index (χ4v) is 8.22. The Hall–Kier alpha value is -1.25. The molecule has 362 valence electrons. The van der Waals surface area contributed by atoms with Crippen LogP contribution in [-0.4, -0.2) is 74.9 Å². The van der Waals surface area contributed by atoms with Crippen molar-refractivity contribution in [1.29, 1.82) is 0 Å². The van der Waals surface area contributed by atoms with Gasteiger partial charge in [0.05, 0.1) is 27.7 Å². The number of phosphoric acid groups is 1. The number of rotatable bonds is 48. The minimum absolute atomic E-state index is 0.0352. The highest BCUT2D eigenvalue weighted by Gasteiger charge is 2.27. The second-order valence-electron chi connectivity index (χ2n) is 18.9. The number of carbonyl (C=O) groups is 2. The highest BCUT2D eigenvalue weighted by Crippen LogP contribution is 2.43. The summed E-state index contributed by atoms with van der Waals surface area (Å²) < 4.78 is 34.5. The monoisotopic (exact) mass is 887 g/mol. The van der Waals surface area contributed by atoms with Crippen LogP contribution in [0.5, 0.6) is 0 Å². The molecule has 0 aliphatic heterocycles. The van der Waals surface area contributed by atoms with E-state index in [1.165, 1.54) is 186 Å². The van der Waals surface area contributed by atoms with Crippen LogP contribution in [0, 0.1) is 0 Å². The molecule has 0 aromatic carbocycles. The van der Waals surface area contributed by atoms with Gasteiger partial charge in [0.15, 0.2) is 6.10 Å². The first-order valence-electron chi connectivity index (χ1n) is 25.9. The quantitative estimate of drug-likeness (QED) is 0.0212. The third-order valence-electron chi connectivity index (χ3n) is 11.5. The lowest BCUT2D eigenvalue weighted by atomic mass is 10.0. The highest BCUT2D eigenvalue weighted by atomic mass is 31.2. The van der Waals surface area contributed by atoms with Gasteiger partial charge >= 0.3 is 19.8 Å². The average Bonchev–Trinajstić information content (AvgIpc) is 3.21. The molecular formula is C51H101NO8P+. The van der Waals surface area contributed by atoms with Crippen LogP contribution in [0.2, 0.25) is 0 Å². The Morgan fingerprint density at radius 1 is 0.492 bits per heavy atom. The molecule has 0 fully saturated rings. The summed E-state index contributed by atoms with van der Waals surface area (Å²) in [5, 5.41) is 0. The van der Waals surface area contributed by atoms with Crippen LogP contribution < -0.4 is 0 Å². The van der Waals surface area contributed by atoms with Crippen LogP contribution in [0.4, 0.5) is 0 Å². The van der Waals surface area contributed by atoms with E-state index in [2.05, 4.69) is 26.0 Å². The van der Waals surface area contributed by atoms with Crippen molar-refractivity contribution in [1.82, 2.24) is 0 Å². The minimum atomic E-state index is -4.37. The van der Waals surface area contributed by atoms with Crippen LogP contribution >= 0.6 is 7.82 Å². The number of unbranched alkanes of at least 4 members (excludes halogenated alkanes) is 32. The largest absolute Gasteiger partial charge is 0.472 e. The van der Waals surface area contributed by atoms with Gasteiger partial charge in [-0.15, -0.1) is 0 Å². The summed E-state index contributed by atoms with van der Waals surface area (Å²) in [5.41, 5.74) is 0. The molecule has 0 radical (unpaired) electrons. The molecule has 2 atom stereocenters. The molecule has 1 N–H and O–H groups in total. The Balaban J connectivity index is 4.21. The summed E-state index contributed by atoms with van der Waals surface area (Å²) >= 11 is 0. The lowest BCUT2D eigenvalue weighted by Gasteiger charge is -2.24. The molecule has 9 nitrogen and oxygen atoms in total. The van der Waals surface area contributed by atoms with E-state index in [4.69, 9.17) is 18.5 Å². The molecule has 0 bridgehead atoms. The number of likely N-dealkylation sites (N-methyl/N-ethyl adjacent to an activating group) is 1. The van der Waals surface area contributed by atoms with Gasteiger partial charge in [-0.05, 0) is 38.5 Å². The van der Waals surface area contributed by atoms with Gasteiger partial charge in [-0.3, -0.25) is 18.6 Å². The Morgan fingerprint density at radius 3 is 1.21 bits per heavy atom. The van der Waals surface area contributed by atoms with Gasteiger partial charge in [0.1, 0.15) is 19.8 Å². The normalized spacial score (nSPS) is 13.5. The number of phosphoric ester groups is 1. The number of esters is 2. The number of nitrogens with zero attached hydrogens (tertiary/aromatic N) is 1. The Bertz CT molecular complexity index is 1050. The summed E-state index contributed by atoms with van der Waals surface area (Å²) in [7, 11) is 1.49. The molecule has 0 rings (SSSR count). The topological polar surface area (TPSA) is 108 Å². The van der Waals surface area contributed by atoms with E-state index in [1.807, 2.05) is 21.1 Å². The first-order chi connectivity index (χ1) is 29.5. The number of carbonyl (C=O) groups excluding carboxylic acids is 2. The van der Waals surface area contributed by atoms with Crippen LogP contribution in [0.3, 0.4) is 0 Å². The van der Waals surface area contributed by atoms with Crippen molar-refractivity contribution in [3.8, 4) is 0 Å². The van der Waals surface area contributed by atoms with Crippen molar-refractivity contribution in [3.63, 3.8) is 0 Å². The van der Waals surface area contributed by atoms with Gasteiger partial charge in [-0.25, -0.2) is 4.57 Å². The first-order valence-corrected chi connectivity index (χ1v) is 27.4. The van der Waals surface area contributed by atoms with Gasteiger partial charge in [0, 0.05) is 12.8 Å². The zero-order valence-electron chi connectivity index (χ0n) is 40.9. The Morgan fingerprint density at radius 2 is 0.836 bits per heavy atom. The maximum Gasteiger partial charge on any atom is 0.472 e. The molecule has 0 aromatic heterocycles. The molecule has 0 heterocycles. The van der Waals surface area contributed by atoms with E-state index in [0.717, 1.165) is 32.1 Å². The summed E-state index contributed by atoms with van der Waals surface area (Å²) in [6.07, 6.45) is 48.3. The van der Waals surface area contributed by atoms with Crippen molar-refractivity contribution >= 4 is 19.8 Å². The smallest absolute Gasteiger partial charge is 0.462 e. The van der Waals surface area contributed by atoms with E-state index in [1.54, 1.807) is 0 Å². The van der Waals surface area contributed by atoms with Crippen molar-refractivity contribution in [2.75, 3.05) is 47.5 Å². The third kappa shape index (κ3) is 48.1. The van der Waals surface area contributed by atoms with Crippen LogP contribution in [0.25, 0.3) is 0 Å². The number of allylic oxidation sites excluding steroid dienone is 2. The van der Waals surface area contributed by atoms with Crippen molar-refractivity contribution < 1.29 is 42.1 Å². The molecule has 0 saturated heterocycles. The number of ether oxygens (including phenoxy) is 2. The Kier molecular flexibility index (Phi) is 43.1. The predicted octanol–water partition coefficient (Wildman–Crippen LogP) is 15.3. The van der Waals surface area contributed by atoms with E-state index in [9.17, 15) is 19.0 Å². The molecule has 1 unspecified atom stereocenters. The summed E-state index contributed by atoms with van der Waals surface area (Å²) in [6, 6.07) is 0. The fraction of sp³-hybridized carbons (Fsp3) is 0.922. The molecular weight excluding hydrogens is 786 g/mol. The molecule has 0 aliphatic carbocycles. The van der Waals surface area contributed by atoms with Gasteiger partial charge in [0.25, 0.3) is 0 Å². The standard InChI is InChI=1S/C51H100NO8P/c1-6-8-10-12-14-16-18-20-22-24-25-26-27-28-30-32-34-36-38-40-42-44-51(54)60-49(48-59-61(55,56)58-46-45-52(3,4)5)47-57-50(53)43-41-39-37-35-33-31-29-23-21-19-17-15-13-11-9-7-2/h20,22,49H,6-19,21,23-48H2,1-5H3/p+1/b22-20+/t49-/m1/s1. The lowest BCUT2D eigenvalue weighted by Crippen LogP contribution is -2.37. The Labute approximate surface area is 377 Å². The highest BCUT2D eigenvalue weighted by molar-refractivity contribution is 7.47. The maximum atomic E-state index is 12.8. The third-order valence-corrected chi connectivity index (χ3v) is 12.5. The molecule has 0 saturated carbocycles. The molecule has 10 heteroatoms. The summed E-state index contributed by atoms with van der Waals surface area (Å²) in [5.74, 6) is -0.783. The predicted molar refractivity (Wildman–Crippen MR) is 257 cm³/mol. The number of hydrogen-bond donors (Lipinski definition) is 1. The van der Waals surface area contributed by atoms with Crippen LogP contribution in [0.15, 0.2) is 12.2 Å². The SMILES string of the molecule is CCCCCCCC/C=C/CCCCCCCCCCCCCC(=O)O[C@H](COC(=O)CCCCCCCCCCCCCCCCCC)COP(=O)(O)OCC[N+](C)(C)C. The van der Waals surface area contributed by atoms with E-state index in [-0.39, 0.29) is 25.6 Å². The number of quaternary nitrogens is 1. The molecule has 0 spiro atoms. The van der Waals surface area contributed by atoms with Gasteiger partial charge in [0.2, 0.25) is 0 Å². The van der Waals surface area contributed by atoms with E-state index in [0.29, 0.717) is 23.9 Å². The van der Waals surface area contributed by atoms with E-state index >= 15 is 0 Å². The maximum absolute atomic E-state index is 12.8. The zero-order chi connectivity index (χ0) is 45.0. The van der Waals surface area contributed by atoms with Gasteiger partial charge in [-0.1, -0.05) is 212 Å². The lowest BCUT2D eigenvalue weighted by molar-refractivity contribution is -0.870.